The van der Waals surface area contributed by atoms with Crippen molar-refractivity contribution in [1.29, 1.82) is 0 Å². The lowest BCUT2D eigenvalue weighted by Crippen LogP contribution is -2.48. The van der Waals surface area contributed by atoms with Crippen LogP contribution in [0.15, 0.2) is 53.4 Å². The average Bonchev–Trinajstić information content (AvgIpc) is 3.05. The van der Waals surface area contributed by atoms with E-state index in [2.05, 4.69) is 10.00 Å². The fraction of sp³-hybridized carbons (Fsp3) is 0.286. The molecule has 1 aliphatic heterocycles. The van der Waals surface area contributed by atoms with Crippen LogP contribution >= 0.6 is 11.6 Å². The fourth-order valence-electron chi connectivity index (χ4n) is 3.59. The molecular weight excluding hydrogens is 446 g/mol. The molecule has 0 atom stereocenters. The summed E-state index contributed by atoms with van der Waals surface area (Å²) in [6, 6.07) is 12.2. The van der Waals surface area contributed by atoms with Crippen molar-refractivity contribution in [3.63, 3.8) is 0 Å². The van der Waals surface area contributed by atoms with Crippen LogP contribution in [0, 0.1) is 18.6 Å². The van der Waals surface area contributed by atoms with E-state index in [-0.39, 0.29) is 18.0 Å². The van der Waals surface area contributed by atoms with Crippen LogP contribution in [-0.4, -0.2) is 53.6 Å². The van der Waals surface area contributed by atoms with E-state index in [1.165, 1.54) is 4.31 Å². The molecule has 0 saturated carbocycles. The monoisotopic (exact) mass is 466 g/mol. The molecule has 1 fully saturated rings. The molecule has 0 bridgehead atoms. The van der Waals surface area contributed by atoms with Crippen molar-refractivity contribution in [2.75, 3.05) is 26.2 Å². The molecule has 1 saturated heterocycles. The Kier molecular flexibility index (Phi) is 6.11. The second kappa shape index (κ2) is 8.66. The molecule has 0 radical (unpaired) electrons. The zero-order valence-corrected chi connectivity index (χ0v) is 18.4. The summed E-state index contributed by atoms with van der Waals surface area (Å²) in [6.07, 6.45) is 0. The molecule has 31 heavy (non-hydrogen) atoms. The molecule has 3 aromatic rings. The van der Waals surface area contributed by atoms with Crippen LogP contribution in [0.5, 0.6) is 0 Å². The van der Waals surface area contributed by atoms with Gasteiger partial charge in [0.15, 0.2) is 11.6 Å². The Labute approximate surface area is 184 Å². The molecule has 4 rings (SSSR count). The highest BCUT2D eigenvalue weighted by Gasteiger charge is 2.30. The van der Waals surface area contributed by atoms with Gasteiger partial charge in [-0.15, -0.1) is 0 Å². The predicted octanol–water partition coefficient (Wildman–Crippen LogP) is 3.62. The Morgan fingerprint density at radius 1 is 1.00 bits per heavy atom. The second-order valence-corrected chi connectivity index (χ2v) is 9.65. The van der Waals surface area contributed by atoms with Crippen LogP contribution in [0.25, 0.3) is 5.69 Å². The van der Waals surface area contributed by atoms with Crippen molar-refractivity contribution in [1.82, 2.24) is 19.0 Å². The van der Waals surface area contributed by atoms with Gasteiger partial charge in [-0.2, -0.15) is 9.40 Å². The van der Waals surface area contributed by atoms with E-state index >= 15 is 0 Å². The van der Waals surface area contributed by atoms with Gasteiger partial charge in [0.1, 0.15) is 5.15 Å². The normalized spacial score (nSPS) is 16.0. The molecule has 0 unspecified atom stereocenters. The topological polar surface area (TPSA) is 58.4 Å². The number of benzene rings is 2. The minimum Gasteiger partial charge on any atom is -0.296 e. The third-order valence-electron chi connectivity index (χ3n) is 5.36. The van der Waals surface area contributed by atoms with E-state index in [0.29, 0.717) is 24.8 Å². The van der Waals surface area contributed by atoms with Gasteiger partial charge in [0.2, 0.25) is 10.0 Å². The third kappa shape index (κ3) is 4.36. The number of para-hydroxylation sites is 1. The summed E-state index contributed by atoms with van der Waals surface area (Å²) in [5.41, 5.74) is 2.57. The maximum atomic E-state index is 13.5. The lowest BCUT2D eigenvalue weighted by Gasteiger charge is -2.34. The van der Waals surface area contributed by atoms with Crippen LogP contribution in [0.1, 0.15) is 11.3 Å². The van der Waals surface area contributed by atoms with E-state index in [0.717, 1.165) is 35.1 Å². The van der Waals surface area contributed by atoms with Gasteiger partial charge < -0.3 is 0 Å². The van der Waals surface area contributed by atoms with Crippen LogP contribution < -0.4 is 0 Å². The van der Waals surface area contributed by atoms with Gasteiger partial charge in [-0.25, -0.2) is 21.9 Å². The molecule has 10 heteroatoms. The van der Waals surface area contributed by atoms with Crippen molar-refractivity contribution in [2.24, 2.45) is 0 Å². The van der Waals surface area contributed by atoms with E-state index < -0.39 is 21.7 Å². The van der Waals surface area contributed by atoms with Gasteiger partial charge in [-0.3, -0.25) is 4.90 Å². The highest BCUT2D eigenvalue weighted by Crippen LogP contribution is 2.26. The number of halogens is 3. The lowest BCUT2D eigenvalue weighted by atomic mass is 10.2. The van der Waals surface area contributed by atoms with Crippen molar-refractivity contribution in [2.45, 2.75) is 18.4 Å². The van der Waals surface area contributed by atoms with Crippen LogP contribution in [0.3, 0.4) is 0 Å². The second-order valence-electron chi connectivity index (χ2n) is 7.36. The molecule has 0 amide bonds. The summed E-state index contributed by atoms with van der Waals surface area (Å²) in [5.74, 6) is -2.26. The highest BCUT2D eigenvalue weighted by molar-refractivity contribution is 7.89. The highest BCUT2D eigenvalue weighted by atomic mass is 35.5. The van der Waals surface area contributed by atoms with E-state index in [1.807, 2.05) is 37.3 Å². The number of sulfonamides is 1. The molecule has 0 N–H and O–H groups in total. The summed E-state index contributed by atoms with van der Waals surface area (Å²) < 4.78 is 55.2. The van der Waals surface area contributed by atoms with Gasteiger partial charge >= 0.3 is 0 Å². The standard InChI is InChI=1S/C21H21ClF2N4O2S/c1-15-18(21(22)28(25-15)16-5-3-2-4-6-16)14-26-9-11-27(12-10-26)31(29,30)17-7-8-19(23)20(24)13-17/h2-8,13H,9-12,14H2,1H3. The molecule has 1 aliphatic rings. The summed E-state index contributed by atoms with van der Waals surface area (Å²) in [5, 5.41) is 5.07. The fourth-order valence-corrected chi connectivity index (χ4v) is 5.36. The Hall–Kier alpha value is -2.33. The number of hydrogen-bond donors (Lipinski definition) is 0. The van der Waals surface area contributed by atoms with Gasteiger partial charge in [0, 0.05) is 38.3 Å². The molecule has 1 aromatic heterocycles. The maximum Gasteiger partial charge on any atom is 0.243 e. The Morgan fingerprint density at radius 2 is 1.68 bits per heavy atom. The smallest absolute Gasteiger partial charge is 0.243 e. The average molecular weight is 467 g/mol. The first-order chi connectivity index (χ1) is 14.8. The first-order valence-electron chi connectivity index (χ1n) is 9.74. The number of nitrogens with zero attached hydrogens (tertiary/aromatic N) is 4. The number of piperazine rings is 1. The van der Waals surface area contributed by atoms with Crippen molar-refractivity contribution in [3.05, 3.63) is 76.6 Å². The minimum absolute atomic E-state index is 0.241. The van der Waals surface area contributed by atoms with Crippen molar-refractivity contribution in [3.8, 4) is 5.69 Å². The third-order valence-corrected chi connectivity index (χ3v) is 7.65. The summed E-state index contributed by atoms with van der Waals surface area (Å²) in [7, 11) is -3.89. The van der Waals surface area contributed by atoms with Crippen molar-refractivity contribution >= 4 is 21.6 Å². The first-order valence-corrected chi connectivity index (χ1v) is 11.6. The quantitative estimate of drug-likeness (QED) is 0.576. The summed E-state index contributed by atoms with van der Waals surface area (Å²) in [6.45, 7) is 3.88. The van der Waals surface area contributed by atoms with Crippen molar-refractivity contribution < 1.29 is 17.2 Å². The SMILES string of the molecule is Cc1nn(-c2ccccc2)c(Cl)c1CN1CCN(S(=O)(=O)c2ccc(F)c(F)c2)CC1. The van der Waals surface area contributed by atoms with Crippen LogP contribution in [0.2, 0.25) is 5.15 Å². The Balaban J connectivity index is 1.45. The molecular formula is C21H21ClF2N4O2S. The first kappa shape index (κ1) is 21.9. The Morgan fingerprint density at radius 3 is 2.32 bits per heavy atom. The zero-order valence-electron chi connectivity index (χ0n) is 16.8. The molecule has 164 valence electrons. The summed E-state index contributed by atoms with van der Waals surface area (Å²) in [4.78, 5) is 1.85. The number of rotatable bonds is 5. The van der Waals surface area contributed by atoms with Crippen LogP contribution in [-0.2, 0) is 16.6 Å². The maximum absolute atomic E-state index is 13.5. The molecule has 0 spiro atoms. The number of aryl methyl sites for hydroxylation is 1. The molecule has 0 aliphatic carbocycles. The molecule has 2 heterocycles. The van der Waals surface area contributed by atoms with E-state index in [1.54, 1.807) is 4.68 Å². The lowest BCUT2D eigenvalue weighted by molar-refractivity contribution is 0.181. The largest absolute Gasteiger partial charge is 0.296 e. The number of aromatic nitrogens is 2. The van der Waals surface area contributed by atoms with E-state index in [4.69, 9.17) is 11.6 Å². The van der Waals surface area contributed by atoms with Gasteiger partial charge in [0.05, 0.1) is 16.3 Å². The van der Waals surface area contributed by atoms with Gasteiger partial charge in [-0.05, 0) is 37.3 Å². The predicted molar refractivity (Wildman–Crippen MR) is 114 cm³/mol. The minimum atomic E-state index is -3.89. The zero-order chi connectivity index (χ0) is 22.2. The summed E-state index contributed by atoms with van der Waals surface area (Å²) >= 11 is 6.59. The van der Waals surface area contributed by atoms with Gasteiger partial charge in [-0.1, -0.05) is 29.8 Å². The molecule has 2 aromatic carbocycles. The molecule has 6 nitrogen and oxygen atoms in total. The Bertz CT molecular complexity index is 1190. The number of hydrogen-bond acceptors (Lipinski definition) is 4. The van der Waals surface area contributed by atoms with Gasteiger partial charge in [0.25, 0.3) is 0 Å². The van der Waals surface area contributed by atoms with E-state index in [9.17, 15) is 17.2 Å². The van der Waals surface area contributed by atoms with Crippen LogP contribution in [0.4, 0.5) is 8.78 Å².